The summed E-state index contributed by atoms with van der Waals surface area (Å²) in [7, 11) is 0. The molecule has 2 heterocycles. The third-order valence-electron chi connectivity index (χ3n) is 2.53. The van der Waals surface area contributed by atoms with E-state index in [9.17, 15) is 4.79 Å². The van der Waals surface area contributed by atoms with Gasteiger partial charge in [0.15, 0.2) is 0 Å². The summed E-state index contributed by atoms with van der Waals surface area (Å²) in [5.74, 6) is 1.82. The van der Waals surface area contributed by atoms with Gasteiger partial charge in [0.05, 0.1) is 6.04 Å². The molecule has 0 radical (unpaired) electrons. The van der Waals surface area contributed by atoms with Gasteiger partial charge >= 0.3 is 0 Å². The van der Waals surface area contributed by atoms with Crippen LogP contribution in [-0.2, 0) is 11.3 Å². The molecule has 2 aromatic rings. The largest absolute Gasteiger partial charge is 0.464 e. The molecule has 1 atom stereocenters. The lowest BCUT2D eigenvalue weighted by atomic mass is 10.2. The average Bonchev–Trinajstić information content (AvgIpc) is 2.87. The van der Waals surface area contributed by atoms with Crippen molar-refractivity contribution in [1.82, 2.24) is 15.1 Å². The summed E-state index contributed by atoms with van der Waals surface area (Å²) in [6, 6.07) is 5.20. The first-order valence-electron chi connectivity index (χ1n) is 5.69. The van der Waals surface area contributed by atoms with Crippen LogP contribution in [0.4, 0.5) is 5.82 Å². The van der Waals surface area contributed by atoms with Gasteiger partial charge in [-0.05, 0) is 32.0 Å². The standard InChI is InChI=1S/C12H16N4O2/c1-8-3-4-10(18-8)9(2)14-12(17)7-16-6-5-11(13)15-16/h3-6,9H,7H2,1-2H3,(H2,13,15)(H,14,17). The lowest BCUT2D eigenvalue weighted by Gasteiger charge is -2.11. The van der Waals surface area contributed by atoms with Gasteiger partial charge in [-0.25, -0.2) is 0 Å². The number of nitrogens with two attached hydrogens (primary N) is 1. The molecule has 0 bridgehead atoms. The highest BCUT2D eigenvalue weighted by molar-refractivity contribution is 5.76. The van der Waals surface area contributed by atoms with Crippen LogP contribution in [0, 0.1) is 6.92 Å². The summed E-state index contributed by atoms with van der Waals surface area (Å²) in [6.07, 6.45) is 1.66. The molecule has 1 unspecified atom stereocenters. The Morgan fingerprint density at radius 2 is 2.33 bits per heavy atom. The minimum absolute atomic E-state index is 0.139. The average molecular weight is 248 g/mol. The van der Waals surface area contributed by atoms with Crippen molar-refractivity contribution in [3.05, 3.63) is 35.9 Å². The van der Waals surface area contributed by atoms with E-state index < -0.39 is 0 Å². The zero-order valence-electron chi connectivity index (χ0n) is 10.4. The highest BCUT2D eigenvalue weighted by Gasteiger charge is 2.13. The molecule has 3 N–H and O–H groups in total. The number of nitrogens with one attached hydrogen (secondary N) is 1. The maximum atomic E-state index is 11.8. The number of furan rings is 1. The van der Waals surface area contributed by atoms with Crippen molar-refractivity contribution in [3.8, 4) is 0 Å². The quantitative estimate of drug-likeness (QED) is 0.852. The summed E-state index contributed by atoms with van der Waals surface area (Å²) in [6.45, 7) is 3.87. The fourth-order valence-corrected chi connectivity index (χ4v) is 1.66. The second kappa shape index (κ2) is 4.95. The van der Waals surface area contributed by atoms with Crippen molar-refractivity contribution in [2.45, 2.75) is 26.4 Å². The van der Waals surface area contributed by atoms with Gasteiger partial charge in [-0.1, -0.05) is 0 Å². The first-order chi connectivity index (χ1) is 8.54. The van der Waals surface area contributed by atoms with Crippen molar-refractivity contribution >= 4 is 11.7 Å². The van der Waals surface area contributed by atoms with Gasteiger partial charge in [0, 0.05) is 6.20 Å². The molecule has 6 nitrogen and oxygen atoms in total. The minimum Gasteiger partial charge on any atom is -0.464 e. The van der Waals surface area contributed by atoms with Crippen LogP contribution in [0.1, 0.15) is 24.5 Å². The van der Waals surface area contributed by atoms with Gasteiger partial charge < -0.3 is 15.5 Å². The third kappa shape index (κ3) is 2.91. The molecule has 0 spiro atoms. The zero-order chi connectivity index (χ0) is 13.1. The Labute approximate surface area is 105 Å². The lowest BCUT2D eigenvalue weighted by molar-refractivity contribution is -0.122. The molecule has 0 aliphatic rings. The fourth-order valence-electron chi connectivity index (χ4n) is 1.66. The summed E-state index contributed by atoms with van der Waals surface area (Å²) < 4.78 is 6.93. The van der Waals surface area contributed by atoms with Gasteiger partial charge in [0.2, 0.25) is 5.91 Å². The number of carbonyl (C=O) groups excluding carboxylic acids is 1. The van der Waals surface area contributed by atoms with E-state index in [0.717, 1.165) is 11.5 Å². The second-order valence-corrected chi connectivity index (χ2v) is 4.18. The van der Waals surface area contributed by atoms with E-state index in [1.54, 1.807) is 12.3 Å². The molecule has 0 saturated heterocycles. The lowest BCUT2D eigenvalue weighted by Crippen LogP contribution is -2.30. The number of nitrogen functional groups attached to an aromatic ring is 1. The maximum absolute atomic E-state index is 11.8. The monoisotopic (exact) mass is 248 g/mol. The first-order valence-corrected chi connectivity index (χ1v) is 5.69. The molecular formula is C12H16N4O2. The highest BCUT2D eigenvalue weighted by Crippen LogP contribution is 2.15. The number of carbonyl (C=O) groups is 1. The minimum atomic E-state index is -0.167. The Bertz CT molecular complexity index is 544. The first kappa shape index (κ1) is 12.2. The van der Waals surface area contributed by atoms with Gasteiger partial charge in [-0.15, -0.1) is 0 Å². The number of rotatable bonds is 4. The number of hydrogen-bond donors (Lipinski definition) is 2. The Balaban J connectivity index is 1.91. The Morgan fingerprint density at radius 1 is 1.56 bits per heavy atom. The molecule has 0 saturated carbocycles. The molecule has 2 rings (SSSR count). The molecule has 0 aromatic carbocycles. The van der Waals surface area contributed by atoms with Crippen LogP contribution in [0.15, 0.2) is 28.8 Å². The topological polar surface area (TPSA) is 86.1 Å². The Hall–Kier alpha value is -2.24. The van der Waals surface area contributed by atoms with E-state index in [-0.39, 0.29) is 18.5 Å². The van der Waals surface area contributed by atoms with Gasteiger partial charge in [0.25, 0.3) is 0 Å². The van der Waals surface area contributed by atoms with E-state index in [1.165, 1.54) is 4.68 Å². The van der Waals surface area contributed by atoms with E-state index in [4.69, 9.17) is 10.2 Å². The second-order valence-electron chi connectivity index (χ2n) is 4.18. The molecule has 96 valence electrons. The van der Waals surface area contributed by atoms with Crippen molar-refractivity contribution < 1.29 is 9.21 Å². The SMILES string of the molecule is Cc1ccc(C(C)NC(=O)Cn2ccc(N)n2)o1. The fraction of sp³-hybridized carbons (Fsp3) is 0.333. The number of aryl methyl sites for hydroxylation is 1. The maximum Gasteiger partial charge on any atom is 0.242 e. The van der Waals surface area contributed by atoms with Crippen molar-refractivity contribution in [2.75, 3.05) is 5.73 Å². The van der Waals surface area contributed by atoms with Crippen LogP contribution in [-0.4, -0.2) is 15.7 Å². The summed E-state index contributed by atoms with van der Waals surface area (Å²) in [5, 5.41) is 6.78. The molecule has 2 aromatic heterocycles. The van der Waals surface area contributed by atoms with Crippen LogP contribution in [0.5, 0.6) is 0 Å². The molecule has 0 fully saturated rings. The number of aromatic nitrogens is 2. The smallest absolute Gasteiger partial charge is 0.242 e. The van der Waals surface area contributed by atoms with Crippen molar-refractivity contribution in [2.24, 2.45) is 0 Å². The summed E-state index contributed by atoms with van der Waals surface area (Å²) >= 11 is 0. The van der Waals surface area contributed by atoms with Gasteiger partial charge in [-0.2, -0.15) is 5.10 Å². The van der Waals surface area contributed by atoms with Crippen molar-refractivity contribution in [1.29, 1.82) is 0 Å². The van der Waals surface area contributed by atoms with E-state index in [0.29, 0.717) is 5.82 Å². The van der Waals surface area contributed by atoms with E-state index in [2.05, 4.69) is 10.4 Å². The zero-order valence-corrected chi connectivity index (χ0v) is 10.4. The van der Waals surface area contributed by atoms with Crippen LogP contribution in [0.3, 0.4) is 0 Å². The van der Waals surface area contributed by atoms with Crippen LogP contribution in [0.2, 0.25) is 0 Å². The van der Waals surface area contributed by atoms with Crippen LogP contribution < -0.4 is 11.1 Å². The number of anilines is 1. The van der Waals surface area contributed by atoms with Gasteiger partial charge in [-0.3, -0.25) is 9.48 Å². The molecule has 18 heavy (non-hydrogen) atoms. The predicted octanol–water partition coefficient (Wildman–Crippen LogP) is 1.24. The van der Waals surface area contributed by atoms with Gasteiger partial charge in [0.1, 0.15) is 23.9 Å². The van der Waals surface area contributed by atoms with E-state index in [1.807, 2.05) is 26.0 Å². The third-order valence-corrected chi connectivity index (χ3v) is 2.53. The van der Waals surface area contributed by atoms with Crippen LogP contribution >= 0.6 is 0 Å². The predicted molar refractivity (Wildman–Crippen MR) is 66.6 cm³/mol. The number of hydrogen-bond acceptors (Lipinski definition) is 4. The van der Waals surface area contributed by atoms with Crippen LogP contribution in [0.25, 0.3) is 0 Å². The number of amides is 1. The molecule has 6 heteroatoms. The molecular weight excluding hydrogens is 232 g/mol. The Kier molecular flexibility index (Phi) is 3.36. The van der Waals surface area contributed by atoms with Crippen molar-refractivity contribution in [3.63, 3.8) is 0 Å². The summed E-state index contributed by atoms with van der Waals surface area (Å²) in [4.78, 5) is 11.8. The molecule has 0 aliphatic heterocycles. The molecule has 1 amide bonds. The molecule has 0 aliphatic carbocycles. The number of nitrogens with zero attached hydrogens (tertiary/aromatic N) is 2. The Morgan fingerprint density at radius 3 is 2.89 bits per heavy atom. The highest BCUT2D eigenvalue weighted by atomic mass is 16.3. The normalized spacial score (nSPS) is 12.3. The van der Waals surface area contributed by atoms with E-state index >= 15 is 0 Å². The summed E-state index contributed by atoms with van der Waals surface area (Å²) in [5.41, 5.74) is 5.47.